The summed E-state index contributed by atoms with van der Waals surface area (Å²) in [5, 5.41) is 13.1. The van der Waals surface area contributed by atoms with Crippen molar-refractivity contribution in [3.63, 3.8) is 0 Å². The maximum absolute atomic E-state index is 12.9. The minimum absolute atomic E-state index is 0. The number of phenolic OH excluding ortho intramolecular Hbond substituents is 1. The number of Topliss-reactive ketones (excluding diaryl/α,β-unsaturated/α-hetero) is 1. The number of phenols is 1. The van der Waals surface area contributed by atoms with Crippen LogP contribution in [0.5, 0.6) is 11.5 Å². The third-order valence-electron chi connectivity index (χ3n) is 8.92. The first-order valence-corrected chi connectivity index (χ1v) is 18.8. The van der Waals surface area contributed by atoms with E-state index in [0.29, 0.717) is 48.9 Å². The molecule has 1 saturated heterocycles. The molecule has 10 nitrogen and oxygen atoms in total. The van der Waals surface area contributed by atoms with Gasteiger partial charge in [0.15, 0.2) is 5.78 Å². The van der Waals surface area contributed by atoms with Crippen molar-refractivity contribution in [3.8, 4) is 17.2 Å². The first kappa shape index (κ1) is 41.3. The number of benzene rings is 5. The van der Waals surface area contributed by atoms with Crippen LogP contribution in [0.1, 0.15) is 47.0 Å². The van der Waals surface area contributed by atoms with E-state index >= 15 is 0 Å². The summed E-state index contributed by atoms with van der Waals surface area (Å²) >= 11 is 0. The van der Waals surface area contributed by atoms with Gasteiger partial charge in [-0.3, -0.25) is 14.3 Å². The molecule has 0 atom stereocenters. The first-order chi connectivity index (χ1) is 25.4. The molecule has 0 radical (unpaired) electrons. The third kappa shape index (κ3) is 9.73. The largest absolute Gasteiger partial charge is 0.507 e. The lowest BCUT2D eigenvalue weighted by atomic mass is 10.1. The van der Waals surface area contributed by atoms with E-state index in [1.807, 2.05) is 68.4 Å². The van der Waals surface area contributed by atoms with E-state index in [1.54, 1.807) is 42.1 Å². The zero-order valence-corrected chi connectivity index (χ0v) is 31.6. The van der Waals surface area contributed by atoms with Crippen molar-refractivity contribution in [2.45, 2.75) is 46.6 Å². The van der Waals surface area contributed by atoms with E-state index in [-0.39, 0.29) is 24.5 Å². The lowest BCUT2D eigenvalue weighted by Gasteiger charge is -2.26. The van der Waals surface area contributed by atoms with Gasteiger partial charge in [0, 0.05) is 32.2 Å². The Morgan fingerprint density at radius 2 is 1.44 bits per heavy atom. The summed E-state index contributed by atoms with van der Waals surface area (Å²) in [4.78, 5) is 24.1. The molecule has 2 heterocycles. The second-order valence-corrected chi connectivity index (χ2v) is 14.8. The summed E-state index contributed by atoms with van der Waals surface area (Å²) in [6.07, 6.45) is 0. The number of aromatic nitrogens is 2. The first-order valence-electron chi connectivity index (χ1n) is 17.4. The van der Waals surface area contributed by atoms with E-state index < -0.39 is 10.0 Å². The maximum Gasteiger partial charge on any atom is 0.279 e. The van der Waals surface area contributed by atoms with E-state index in [2.05, 4.69) is 41.2 Å². The number of aryl methyl sites for hydroxylation is 3. The molecule has 0 saturated carbocycles. The molecule has 1 aromatic heterocycles. The minimum Gasteiger partial charge on any atom is -0.507 e. The van der Waals surface area contributed by atoms with Crippen molar-refractivity contribution < 1.29 is 23.1 Å². The van der Waals surface area contributed by atoms with Gasteiger partial charge in [-0.15, -0.1) is 0 Å². The Labute approximate surface area is 318 Å². The van der Waals surface area contributed by atoms with E-state index in [1.165, 1.54) is 28.4 Å². The van der Waals surface area contributed by atoms with Crippen LogP contribution >= 0.6 is 0 Å². The number of methoxy groups -OCH3 is 1. The lowest BCUT2D eigenvalue weighted by Crippen LogP contribution is -2.46. The summed E-state index contributed by atoms with van der Waals surface area (Å²) in [6.45, 7) is 10.4. The number of piperazine rings is 1. The quantitative estimate of drug-likeness (QED) is 0.165. The molecule has 0 amide bonds. The summed E-state index contributed by atoms with van der Waals surface area (Å²) < 4.78 is 35.3. The van der Waals surface area contributed by atoms with E-state index in [4.69, 9.17) is 4.74 Å². The second kappa shape index (κ2) is 18.5. The molecular weight excluding hydrogens is 701 g/mol. The van der Waals surface area contributed by atoms with Gasteiger partial charge >= 0.3 is 0 Å². The average molecular weight is 751 g/mol. The zero-order chi connectivity index (χ0) is 38.1. The van der Waals surface area contributed by atoms with E-state index in [0.717, 1.165) is 27.7 Å². The SMILES string of the molecule is C.CC(=O)c1cc(C)ccc1O.COc1cc(S(=O)(=O)N2CCNCC2)ccc1C.Cc1ccc(Cn2c3ccccc3c(=O)n2-c2ccccc2)cc1. The van der Waals surface area contributed by atoms with Crippen molar-refractivity contribution in [2.75, 3.05) is 33.3 Å². The van der Waals surface area contributed by atoms with Gasteiger partial charge in [-0.2, -0.15) is 4.31 Å². The van der Waals surface area contributed by atoms with E-state index in [9.17, 15) is 23.1 Å². The fourth-order valence-corrected chi connectivity index (χ4v) is 7.44. The van der Waals surface area contributed by atoms with Gasteiger partial charge in [0.05, 0.1) is 40.7 Å². The van der Waals surface area contributed by atoms with Gasteiger partial charge in [0.25, 0.3) is 5.56 Å². The highest BCUT2D eigenvalue weighted by Crippen LogP contribution is 2.25. The van der Waals surface area contributed by atoms with Crippen LogP contribution in [0.4, 0.5) is 0 Å². The Kier molecular flexibility index (Phi) is 14.1. The third-order valence-corrected chi connectivity index (χ3v) is 10.8. The van der Waals surface area contributed by atoms with Gasteiger partial charge in [0.1, 0.15) is 11.5 Å². The van der Waals surface area contributed by atoms with Gasteiger partial charge < -0.3 is 15.2 Å². The number of ether oxygens (including phenoxy) is 1. The number of aromatic hydroxyl groups is 1. The summed E-state index contributed by atoms with van der Waals surface area (Å²) in [7, 11) is -1.85. The number of ketones is 1. The molecule has 7 rings (SSSR count). The molecule has 0 unspecified atom stereocenters. The molecular formula is C43H50N4O6S. The fourth-order valence-electron chi connectivity index (χ4n) is 5.99. The zero-order valence-electron chi connectivity index (χ0n) is 30.7. The Bertz CT molecular complexity index is 2340. The van der Waals surface area contributed by atoms with Gasteiger partial charge in [-0.05, 0) is 81.3 Å². The second-order valence-electron chi connectivity index (χ2n) is 12.9. The predicted molar refractivity (Wildman–Crippen MR) is 217 cm³/mol. The summed E-state index contributed by atoms with van der Waals surface area (Å²) in [5.74, 6) is 0.556. The number of carbonyl (C=O) groups is 1. The average Bonchev–Trinajstić information content (AvgIpc) is 3.45. The summed E-state index contributed by atoms with van der Waals surface area (Å²) in [6, 6.07) is 36.0. The molecule has 1 aliphatic rings. The molecule has 6 aromatic rings. The lowest BCUT2D eigenvalue weighted by molar-refractivity contribution is 0.101. The monoisotopic (exact) mass is 750 g/mol. The molecule has 11 heteroatoms. The van der Waals surface area contributed by atoms with Crippen molar-refractivity contribution in [1.82, 2.24) is 19.0 Å². The molecule has 2 N–H and O–H groups in total. The Morgan fingerprint density at radius 1 is 0.815 bits per heavy atom. The Balaban J connectivity index is 0.000000192. The number of hydrogen-bond acceptors (Lipinski definition) is 7. The van der Waals surface area contributed by atoms with Crippen LogP contribution in [0.15, 0.2) is 125 Å². The number of carbonyl (C=O) groups excluding carboxylic acids is 1. The highest BCUT2D eigenvalue weighted by atomic mass is 32.2. The molecule has 284 valence electrons. The number of hydrogen-bond donors (Lipinski definition) is 2. The highest BCUT2D eigenvalue weighted by molar-refractivity contribution is 7.89. The predicted octanol–water partition coefficient (Wildman–Crippen LogP) is 7.29. The van der Waals surface area contributed by atoms with Gasteiger partial charge in [0.2, 0.25) is 10.0 Å². The van der Waals surface area contributed by atoms with Crippen LogP contribution in [0.2, 0.25) is 0 Å². The molecule has 0 spiro atoms. The van der Waals surface area contributed by atoms with Crippen LogP contribution in [0.25, 0.3) is 16.6 Å². The maximum atomic E-state index is 12.9. The van der Waals surface area contributed by atoms with Crippen LogP contribution in [0.3, 0.4) is 0 Å². The summed E-state index contributed by atoms with van der Waals surface area (Å²) in [5.41, 5.74) is 6.55. The standard InChI is InChI=1S/C21H18N2O.C12H18N2O3S.C9H10O2.CH4/c1-16-11-13-17(14-12-16)15-22-20-10-6-5-9-19(20)21(24)23(22)18-7-3-2-4-8-18;1-10-3-4-11(9-12(10)17-2)18(15,16)14-7-5-13-6-8-14;1-6-3-4-9(11)8(5-6)7(2)10;/h2-14H,15H2,1H3;3-4,9,13H,5-8H2,1-2H3;3-5,11H,1-2H3;1H4. The number of rotatable bonds is 7. The topological polar surface area (TPSA) is 123 Å². The Hall–Kier alpha value is -5.49. The smallest absolute Gasteiger partial charge is 0.279 e. The number of fused-ring (bicyclic) bond motifs is 1. The molecule has 5 aromatic carbocycles. The van der Waals surface area contributed by atoms with Crippen molar-refractivity contribution >= 4 is 26.7 Å². The minimum atomic E-state index is -3.40. The van der Waals surface area contributed by atoms with Crippen molar-refractivity contribution in [1.29, 1.82) is 0 Å². The molecule has 1 fully saturated rings. The van der Waals surface area contributed by atoms with Crippen LogP contribution in [-0.4, -0.2) is 66.3 Å². The molecule has 1 aliphatic heterocycles. The number of para-hydroxylation sites is 2. The van der Waals surface area contributed by atoms with Gasteiger partial charge in [-0.1, -0.05) is 85.3 Å². The molecule has 0 bridgehead atoms. The number of sulfonamides is 1. The van der Waals surface area contributed by atoms with Crippen molar-refractivity contribution in [2.24, 2.45) is 0 Å². The highest BCUT2D eigenvalue weighted by Gasteiger charge is 2.26. The van der Waals surface area contributed by atoms with Crippen LogP contribution < -0.4 is 15.6 Å². The van der Waals surface area contributed by atoms with Crippen LogP contribution in [0, 0.1) is 20.8 Å². The van der Waals surface area contributed by atoms with Gasteiger partial charge in [-0.25, -0.2) is 13.1 Å². The molecule has 0 aliphatic carbocycles. The Morgan fingerprint density at radius 3 is 2.07 bits per heavy atom. The fraction of sp³-hybridized carbons (Fsp3) is 0.256. The van der Waals surface area contributed by atoms with Crippen LogP contribution in [-0.2, 0) is 16.6 Å². The number of nitrogens with one attached hydrogen (secondary N) is 1. The number of nitrogens with zero attached hydrogens (tertiary/aromatic N) is 3. The molecule has 54 heavy (non-hydrogen) atoms. The van der Waals surface area contributed by atoms with Crippen molar-refractivity contribution in [3.05, 3.63) is 153 Å². The normalized spacial score (nSPS) is 12.8.